The molecule has 5 fully saturated rings. The van der Waals surface area contributed by atoms with E-state index in [1.54, 1.807) is 0 Å². The number of rotatable bonds is 3. The fourth-order valence-electron chi connectivity index (χ4n) is 5.16. The smallest absolute Gasteiger partial charge is 0.240 e. The number of carbonyl (C=O) groups excluding carboxylic acids is 2. The molecule has 0 radical (unpaired) electrons. The number of likely N-dealkylation sites (tertiary alicyclic amines) is 1. The van der Waals surface area contributed by atoms with Crippen molar-refractivity contribution < 1.29 is 14.3 Å². The lowest BCUT2D eigenvalue weighted by molar-refractivity contribution is -0.147. The summed E-state index contributed by atoms with van der Waals surface area (Å²) in [7, 11) is 0. The second-order valence-electron chi connectivity index (χ2n) is 8.39. The van der Waals surface area contributed by atoms with Crippen LogP contribution < -0.4 is 5.32 Å². The minimum Gasteiger partial charge on any atom is -0.381 e. The summed E-state index contributed by atoms with van der Waals surface area (Å²) in [5.74, 6) is 2.44. The van der Waals surface area contributed by atoms with Crippen LogP contribution in [0.3, 0.4) is 0 Å². The maximum atomic E-state index is 12.8. The number of fused-ring (bicyclic) bond motifs is 1. The molecule has 3 aliphatic heterocycles. The van der Waals surface area contributed by atoms with Crippen LogP contribution in [0.2, 0.25) is 0 Å². The minimum atomic E-state index is -0.361. The number of piperazine rings is 1. The highest BCUT2D eigenvalue weighted by atomic mass is 16.5. The van der Waals surface area contributed by atoms with Crippen LogP contribution in [0.15, 0.2) is 0 Å². The first-order valence-corrected chi connectivity index (χ1v) is 9.59. The van der Waals surface area contributed by atoms with Crippen molar-refractivity contribution in [2.45, 2.75) is 31.2 Å². The van der Waals surface area contributed by atoms with Gasteiger partial charge in [-0.3, -0.25) is 14.5 Å². The number of nitrogens with one attached hydrogen (secondary N) is 1. The fraction of sp³-hybridized carbons (Fsp3) is 0.889. The molecule has 2 saturated carbocycles. The standard InChI is InChI=1S/C18H27N3O3/c22-16(15-13-10-24-11-14(13)15)20-6-3-18(4-7-20)17(23)19-5-8-21(18)9-12-1-2-12/h12-15H,1-11H2,(H,19,23)/t13-,14+,15?. The van der Waals surface area contributed by atoms with Gasteiger partial charge < -0.3 is 15.0 Å². The molecule has 0 aromatic carbocycles. The average Bonchev–Trinajstić information content (AvgIpc) is 3.50. The molecule has 132 valence electrons. The minimum absolute atomic E-state index is 0.193. The fourth-order valence-corrected chi connectivity index (χ4v) is 5.16. The quantitative estimate of drug-likeness (QED) is 0.795. The molecule has 2 aliphatic carbocycles. The predicted molar refractivity (Wildman–Crippen MR) is 87.1 cm³/mol. The van der Waals surface area contributed by atoms with Crippen molar-refractivity contribution >= 4 is 11.8 Å². The van der Waals surface area contributed by atoms with E-state index in [2.05, 4.69) is 10.2 Å². The van der Waals surface area contributed by atoms with E-state index in [0.29, 0.717) is 17.7 Å². The molecule has 0 aromatic rings. The first-order valence-electron chi connectivity index (χ1n) is 9.59. The zero-order chi connectivity index (χ0) is 16.3. The number of hydrogen-bond donors (Lipinski definition) is 1. The second kappa shape index (κ2) is 5.43. The van der Waals surface area contributed by atoms with Gasteiger partial charge in [-0.25, -0.2) is 0 Å². The number of piperidine rings is 1. The van der Waals surface area contributed by atoms with Crippen molar-refractivity contribution in [3.8, 4) is 0 Å². The third-order valence-electron chi connectivity index (χ3n) is 7.01. The largest absolute Gasteiger partial charge is 0.381 e. The summed E-state index contributed by atoms with van der Waals surface area (Å²) in [5, 5.41) is 3.08. The van der Waals surface area contributed by atoms with Crippen molar-refractivity contribution in [2.75, 3.05) is 45.9 Å². The Morgan fingerprint density at radius 3 is 2.54 bits per heavy atom. The zero-order valence-electron chi connectivity index (χ0n) is 14.2. The lowest BCUT2D eigenvalue weighted by Crippen LogP contribution is -2.68. The molecule has 1 spiro atoms. The molecule has 3 atom stereocenters. The number of carbonyl (C=O) groups is 2. The Morgan fingerprint density at radius 1 is 1.17 bits per heavy atom. The van der Waals surface area contributed by atoms with Gasteiger partial charge in [0.2, 0.25) is 11.8 Å². The highest BCUT2D eigenvalue weighted by molar-refractivity contribution is 5.88. The molecule has 1 N–H and O–H groups in total. The Hall–Kier alpha value is -1.14. The number of hydrogen-bond acceptors (Lipinski definition) is 4. The lowest BCUT2D eigenvalue weighted by atomic mass is 9.82. The van der Waals surface area contributed by atoms with Gasteiger partial charge in [-0.15, -0.1) is 0 Å². The summed E-state index contributed by atoms with van der Waals surface area (Å²) in [6.45, 7) is 5.76. The van der Waals surface area contributed by atoms with E-state index < -0.39 is 0 Å². The van der Waals surface area contributed by atoms with E-state index in [1.165, 1.54) is 12.8 Å². The zero-order valence-corrected chi connectivity index (χ0v) is 14.2. The van der Waals surface area contributed by atoms with Gasteiger partial charge in [0.25, 0.3) is 0 Å². The monoisotopic (exact) mass is 333 g/mol. The molecule has 5 aliphatic rings. The van der Waals surface area contributed by atoms with Crippen LogP contribution in [0.1, 0.15) is 25.7 Å². The van der Waals surface area contributed by atoms with E-state index in [0.717, 1.165) is 64.7 Å². The molecule has 6 nitrogen and oxygen atoms in total. The van der Waals surface area contributed by atoms with E-state index in [1.807, 2.05) is 4.90 Å². The first kappa shape index (κ1) is 15.1. The maximum Gasteiger partial charge on any atom is 0.240 e. The Kier molecular flexibility index (Phi) is 3.42. The molecule has 0 bridgehead atoms. The molecule has 24 heavy (non-hydrogen) atoms. The van der Waals surface area contributed by atoms with Gasteiger partial charge in [0, 0.05) is 38.6 Å². The summed E-state index contributed by atoms with van der Waals surface area (Å²) in [5.41, 5.74) is -0.361. The van der Waals surface area contributed by atoms with Gasteiger partial charge >= 0.3 is 0 Å². The van der Waals surface area contributed by atoms with Gasteiger partial charge in [0.15, 0.2) is 0 Å². The second-order valence-corrected chi connectivity index (χ2v) is 8.39. The Labute approximate surface area is 142 Å². The number of ether oxygens (including phenoxy) is 1. The Bertz CT molecular complexity index is 544. The molecular weight excluding hydrogens is 306 g/mol. The van der Waals surface area contributed by atoms with Gasteiger partial charge in [-0.2, -0.15) is 0 Å². The number of amides is 2. The first-order chi connectivity index (χ1) is 11.7. The Balaban J connectivity index is 1.25. The summed E-state index contributed by atoms with van der Waals surface area (Å²) < 4.78 is 5.40. The number of nitrogens with zero attached hydrogens (tertiary/aromatic N) is 2. The predicted octanol–water partition coefficient (Wildman–Crippen LogP) is 0.0818. The van der Waals surface area contributed by atoms with Crippen LogP contribution in [-0.4, -0.2) is 73.1 Å². The van der Waals surface area contributed by atoms with Crippen LogP contribution in [0.25, 0.3) is 0 Å². The maximum absolute atomic E-state index is 12.8. The van der Waals surface area contributed by atoms with Crippen molar-refractivity contribution in [2.24, 2.45) is 23.7 Å². The summed E-state index contributed by atoms with van der Waals surface area (Å²) >= 11 is 0. The van der Waals surface area contributed by atoms with Crippen LogP contribution in [0.5, 0.6) is 0 Å². The van der Waals surface area contributed by atoms with E-state index in [4.69, 9.17) is 4.74 Å². The Morgan fingerprint density at radius 2 is 1.88 bits per heavy atom. The van der Waals surface area contributed by atoms with Crippen LogP contribution in [0, 0.1) is 23.7 Å². The van der Waals surface area contributed by atoms with Gasteiger partial charge in [0.1, 0.15) is 5.54 Å². The van der Waals surface area contributed by atoms with Gasteiger partial charge in [-0.1, -0.05) is 0 Å². The van der Waals surface area contributed by atoms with Crippen LogP contribution in [-0.2, 0) is 14.3 Å². The summed E-state index contributed by atoms with van der Waals surface area (Å²) in [6, 6.07) is 0. The molecular formula is C18H27N3O3. The molecule has 6 heteroatoms. The van der Waals surface area contributed by atoms with Gasteiger partial charge in [-0.05, 0) is 43.4 Å². The third-order valence-corrected chi connectivity index (χ3v) is 7.01. The van der Waals surface area contributed by atoms with E-state index in [9.17, 15) is 9.59 Å². The molecule has 1 unspecified atom stereocenters. The molecule has 2 amide bonds. The lowest BCUT2D eigenvalue weighted by Gasteiger charge is -2.50. The van der Waals surface area contributed by atoms with E-state index in [-0.39, 0.29) is 17.4 Å². The molecule has 0 aromatic heterocycles. The highest BCUT2D eigenvalue weighted by Gasteiger charge is 2.59. The average molecular weight is 333 g/mol. The SMILES string of the molecule is O=C(C1[C@H]2COC[C@@H]12)N1CCC2(CC1)C(=O)NCCN2CC1CC1. The summed E-state index contributed by atoms with van der Waals surface area (Å²) in [4.78, 5) is 29.9. The van der Waals surface area contributed by atoms with Crippen molar-refractivity contribution in [3.05, 3.63) is 0 Å². The van der Waals surface area contributed by atoms with Crippen molar-refractivity contribution in [1.29, 1.82) is 0 Å². The van der Waals surface area contributed by atoms with Crippen LogP contribution >= 0.6 is 0 Å². The topological polar surface area (TPSA) is 61.9 Å². The summed E-state index contributed by atoms with van der Waals surface area (Å²) in [6.07, 6.45) is 4.20. The molecule has 5 rings (SSSR count). The normalized spacial score (nSPS) is 38.1. The van der Waals surface area contributed by atoms with E-state index >= 15 is 0 Å². The van der Waals surface area contributed by atoms with Crippen LogP contribution in [0.4, 0.5) is 0 Å². The highest BCUT2D eigenvalue weighted by Crippen LogP contribution is 2.52. The van der Waals surface area contributed by atoms with Gasteiger partial charge in [0.05, 0.1) is 13.2 Å². The molecule has 3 heterocycles. The third kappa shape index (κ3) is 2.30. The molecule has 3 saturated heterocycles. The van der Waals surface area contributed by atoms with Crippen molar-refractivity contribution in [1.82, 2.24) is 15.1 Å². The van der Waals surface area contributed by atoms with Crippen molar-refractivity contribution in [3.63, 3.8) is 0 Å².